The summed E-state index contributed by atoms with van der Waals surface area (Å²) in [7, 11) is -4.01. The lowest BCUT2D eigenvalue weighted by molar-refractivity contribution is 0.0981. The van der Waals surface area contributed by atoms with Crippen LogP contribution in [0.2, 0.25) is 5.02 Å². The van der Waals surface area contributed by atoms with Crippen LogP contribution in [0.15, 0.2) is 100 Å². The van der Waals surface area contributed by atoms with Gasteiger partial charge in [-0.2, -0.15) is 0 Å². The second kappa shape index (κ2) is 9.97. The Morgan fingerprint density at radius 1 is 0.973 bits per heavy atom. The van der Waals surface area contributed by atoms with Crippen molar-refractivity contribution >= 4 is 43.5 Å². The van der Waals surface area contributed by atoms with Crippen molar-refractivity contribution in [3.05, 3.63) is 117 Å². The Balaban J connectivity index is 1.34. The number of amides is 1. The molecule has 1 amide bonds. The molecule has 8 heteroatoms. The molecule has 4 aromatic carbocycles. The molecule has 0 saturated carbocycles. The van der Waals surface area contributed by atoms with E-state index in [1.165, 1.54) is 12.1 Å². The standard InChI is InChI=1S/C29H23BrClNO4S/c1-29(17-19-8-11-25(31)12-9-19)18-23-15-21(10-13-27(23)36-29)20-4-2-5-22(14-20)28(33)32-37(34,35)26-7-3-6-24(30)16-26/h2-16H,17-18H2,1H3,(H,32,33)/t29-/m1/s1. The number of halogens is 2. The number of benzene rings is 4. The molecule has 0 radical (unpaired) electrons. The summed E-state index contributed by atoms with van der Waals surface area (Å²) in [5, 5.41) is 0.704. The molecule has 0 bridgehead atoms. The van der Waals surface area contributed by atoms with Crippen LogP contribution < -0.4 is 9.46 Å². The van der Waals surface area contributed by atoms with Crippen molar-refractivity contribution in [3.8, 4) is 16.9 Å². The number of fused-ring (bicyclic) bond motifs is 1. The maximum Gasteiger partial charge on any atom is 0.265 e. The van der Waals surface area contributed by atoms with E-state index in [2.05, 4.69) is 33.6 Å². The average Bonchev–Trinajstić information content (AvgIpc) is 3.20. The molecule has 1 aliphatic heterocycles. The minimum absolute atomic E-state index is 0.00616. The molecule has 188 valence electrons. The fourth-order valence-corrected chi connectivity index (χ4v) is 6.24. The minimum Gasteiger partial charge on any atom is -0.487 e. The van der Waals surface area contributed by atoms with Crippen LogP contribution in [0, 0.1) is 0 Å². The maximum atomic E-state index is 12.8. The first-order chi connectivity index (χ1) is 17.6. The average molecular weight is 597 g/mol. The summed E-state index contributed by atoms with van der Waals surface area (Å²) in [6.07, 6.45) is 1.49. The summed E-state index contributed by atoms with van der Waals surface area (Å²) >= 11 is 9.28. The second-order valence-electron chi connectivity index (χ2n) is 9.33. The molecule has 37 heavy (non-hydrogen) atoms. The lowest BCUT2D eigenvalue weighted by Gasteiger charge is -2.24. The number of carbonyl (C=O) groups excluding carboxylic acids is 1. The predicted octanol–water partition coefficient (Wildman–Crippen LogP) is 6.82. The number of hydrogen-bond acceptors (Lipinski definition) is 4. The van der Waals surface area contributed by atoms with Gasteiger partial charge in [0.2, 0.25) is 0 Å². The summed E-state index contributed by atoms with van der Waals surface area (Å²) in [5.41, 5.74) is 3.83. The zero-order chi connectivity index (χ0) is 26.2. The first-order valence-corrected chi connectivity index (χ1v) is 14.3. The predicted molar refractivity (Wildman–Crippen MR) is 149 cm³/mol. The number of ether oxygens (including phenoxy) is 1. The van der Waals surface area contributed by atoms with Crippen molar-refractivity contribution in [2.75, 3.05) is 0 Å². The largest absolute Gasteiger partial charge is 0.487 e. The Morgan fingerprint density at radius 3 is 2.46 bits per heavy atom. The molecule has 1 atom stereocenters. The van der Waals surface area contributed by atoms with Gasteiger partial charge in [-0.15, -0.1) is 0 Å². The van der Waals surface area contributed by atoms with Gasteiger partial charge >= 0.3 is 0 Å². The molecule has 4 aromatic rings. The Bertz CT molecular complexity index is 1600. The summed E-state index contributed by atoms with van der Waals surface area (Å²) in [5.74, 6) is 0.149. The van der Waals surface area contributed by atoms with E-state index in [-0.39, 0.29) is 16.1 Å². The van der Waals surface area contributed by atoms with Crippen LogP contribution in [0.1, 0.15) is 28.4 Å². The number of hydrogen-bond donors (Lipinski definition) is 1. The molecule has 1 aliphatic rings. The van der Waals surface area contributed by atoms with Crippen molar-refractivity contribution in [1.29, 1.82) is 0 Å². The third kappa shape index (κ3) is 5.74. The van der Waals surface area contributed by atoms with Gasteiger partial charge in [-0.3, -0.25) is 4.79 Å². The third-order valence-corrected chi connectivity index (χ3v) is 8.34. The number of carbonyl (C=O) groups is 1. The molecule has 1 heterocycles. The van der Waals surface area contributed by atoms with E-state index in [1.54, 1.807) is 30.3 Å². The van der Waals surface area contributed by atoms with Gasteiger partial charge in [0.25, 0.3) is 15.9 Å². The Labute approximate surface area is 229 Å². The van der Waals surface area contributed by atoms with Gasteiger partial charge in [0.05, 0.1) is 4.90 Å². The third-order valence-electron chi connectivity index (χ3n) is 6.26. The fraction of sp³-hybridized carbons (Fsp3) is 0.138. The van der Waals surface area contributed by atoms with Gasteiger partial charge in [-0.05, 0) is 83.8 Å². The Kier molecular flexibility index (Phi) is 6.88. The van der Waals surface area contributed by atoms with Gasteiger partial charge in [0.1, 0.15) is 11.4 Å². The minimum atomic E-state index is -4.01. The van der Waals surface area contributed by atoms with Crippen LogP contribution in [-0.4, -0.2) is 19.9 Å². The first kappa shape index (κ1) is 25.5. The van der Waals surface area contributed by atoms with Gasteiger partial charge in [0.15, 0.2) is 0 Å². The molecule has 1 N–H and O–H groups in total. The van der Waals surface area contributed by atoms with E-state index in [4.69, 9.17) is 16.3 Å². The second-order valence-corrected chi connectivity index (χ2v) is 12.4. The summed E-state index contributed by atoms with van der Waals surface area (Å²) in [6, 6.07) is 26.9. The van der Waals surface area contributed by atoms with Crippen molar-refractivity contribution in [3.63, 3.8) is 0 Å². The highest BCUT2D eigenvalue weighted by Crippen LogP contribution is 2.39. The summed E-state index contributed by atoms with van der Waals surface area (Å²) in [4.78, 5) is 12.8. The molecule has 0 saturated heterocycles. The molecule has 0 aromatic heterocycles. The maximum absolute atomic E-state index is 12.8. The van der Waals surface area contributed by atoms with E-state index in [0.29, 0.717) is 9.50 Å². The Hall–Kier alpha value is -3.13. The first-order valence-electron chi connectivity index (χ1n) is 11.6. The molecule has 5 rings (SSSR count). The molecular weight excluding hydrogens is 574 g/mol. The lowest BCUT2D eigenvalue weighted by Crippen LogP contribution is -2.32. The highest BCUT2D eigenvalue weighted by atomic mass is 79.9. The van der Waals surface area contributed by atoms with Crippen molar-refractivity contribution in [2.24, 2.45) is 0 Å². The Morgan fingerprint density at radius 2 is 1.70 bits per heavy atom. The summed E-state index contributed by atoms with van der Waals surface area (Å²) in [6.45, 7) is 2.10. The molecule has 0 fully saturated rings. The molecular formula is C29H23BrClNO4S. The van der Waals surface area contributed by atoms with E-state index >= 15 is 0 Å². The highest BCUT2D eigenvalue weighted by Gasteiger charge is 2.35. The SMILES string of the molecule is C[C@@]1(Cc2ccc(Cl)cc2)Cc2cc(-c3cccc(C(=O)NS(=O)(=O)c4cccc(Br)c4)c3)ccc2O1. The van der Waals surface area contributed by atoms with Crippen LogP contribution in [0.25, 0.3) is 11.1 Å². The van der Waals surface area contributed by atoms with Gasteiger partial charge in [-0.25, -0.2) is 13.1 Å². The van der Waals surface area contributed by atoms with Crippen LogP contribution in [-0.2, 0) is 22.9 Å². The van der Waals surface area contributed by atoms with Crippen LogP contribution >= 0.6 is 27.5 Å². The number of nitrogens with one attached hydrogen (secondary N) is 1. The van der Waals surface area contributed by atoms with E-state index in [0.717, 1.165) is 40.8 Å². The zero-order valence-corrected chi connectivity index (χ0v) is 23.0. The zero-order valence-electron chi connectivity index (χ0n) is 19.9. The van der Waals surface area contributed by atoms with Crippen molar-refractivity contribution < 1.29 is 17.9 Å². The van der Waals surface area contributed by atoms with E-state index in [1.807, 2.05) is 42.5 Å². The number of rotatable bonds is 6. The van der Waals surface area contributed by atoms with Gasteiger partial charge in [0, 0.05) is 27.9 Å². The van der Waals surface area contributed by atoms with Crippen LogP contribution in [0.4, 0.5) is 0 Å². The molecule has 0 aliphatic carbocycles. The topological polar surface area (TPSA) is 72.5 Å². The quantitative estimate of drug-likeness (QED) is 0.265. The fourth-order valence-electron chi connectivity index (χ4n) is 4.55. The van der Waals surface area contributed by atoms with E-state index in [9.17, 15) is 13.2 Å². The smallest absolute Gasteiger partial charge is 0.265 e. The van der Waals surface area contributed by atoms with Crippen LogP contribution in [0.3, 0.4) is 0 Å². The lowest BCUT2D eigenvalue weighted by atomic mass is 9.91. The monoisotopic (exact) mass is 595 g/mol. The van der Waals surface area contributed by atoms with E-state index < -0.39 is 15.9 Å². The van der Waals surface area contributed by atoms with Crippen molar-refractivity contribution in [2.45, 2.75) is 30.3 Å². The molecule has 0 unspecified atom stereocenters. The van der Waals surface area contributed by atoms with Crippen molar-refractivity contribution in [1.82, 2.24) is 4.72 Å². The molecule has 0 spiro atoms. The molecule has 5 nitrogen and oxygen atoms in total. The number of sulfonamides is 1. The highest BCUT2D eigenvalue weighted by molar-refractivity contribution is 9.10. The summed E-state index contributed by atoms with van der Waals surface area (Å²) < 4.78 is 34.5. The normalized spacial score (nSPS) is 16.6. The van der Waals surface area contributed by atoms with Crippen LogP contribution in [0.5, 0.6) is 5.75 Å². The van der Waals surface area contributed by atoms with Gasteiger partial charge in [-0.1, -0.05) is 63.9 Å². The van der Waals surface area contributed by atoms with Gasteiger partial charge < -0.3 is 4.74 Å².